The molecule has 0 heterocycles. The minimum atomic E-state index is 0.0479. The number of nitrogens with zero attached hydrogens (tertiary/aromatic N) is 1. The smallest absolute Gasteiger partial charge is 0.120 e. The Kier molecular flexibility index (Phi) is 5.60. The molecule has 4 nitrogen and oxygen atoms in total. The highest BCUT2D eigenvalue weighted by molar-refractivity contribution is 5.45. The van der Waals surface area contributed by atoms with Crippen molar-refractivity contribution in [1.82, 2.24) is 5.32 Å². The molecule has 114 valence electrons. The van der Waals surface area contributed by atoms with Crippen LogP contribution in [0.4, 0.5) is 0 Å². The molecule has 1 aromatic rings. The first kappa shape index (κ1) is 15.8. The molecule has 1 atom stereocenters. The van der Waals surface area contributed by atoms with E-state index in [-0.39, 0.29) is 6.17 Å². The lowest BCUT2D eigenvalue weighted by Crippen LogP contribution is -2.43. The van der Waals surface area contributed by atoms with E-state index in [1.165, 1.54) is 5.56 Å². The second-order valence-electron chi connectivity index (χ2n) is 5.80. The van der Waals surface area contributed by atoms with E-state index in [4.69, 9.17) is 10.5 Å². The minimum Gasteiger partial charge on any atom is -0.494 e. The van der Waals surface area contributed by atoms with Crippen LogP contribution >= 0.6 is 0 Å². The summed E-state index contributed by atoms with van der Waals surface area (Å²) in [6.45, 7) is 4.55. The molecule has 0 bridgehead atoms. The lowest BCUT2D eigenvalue weighted by Gasteiger charge is -2.31. The normalized spacial score (nSPS) is 23.3. The summed E-state index contributed by atoms with van der Waals surface area (Å²) in [7, 11) is 0. The standard InChI is InChI=1S/C17H25N3O/c1-3-21-16-8-9-17(14(10-16)11-18)13-4-6-15(7-5-13)20-12(2)19/h8-10,12-13,15,20H,3-7,19H2,1-2H3. The highest BCUT2D eigenvalue weighted by Crippen LogP contribution is 2.35. The van der Waals surface area contributed by atoms with E-state index < -0.39 is 0 Å². The summed E-state index contributed by atoms with van der Waals surface area (Å²) in [5.74, 6) is 1.26. The van der Waals surface area contributed by atoms with Crippen LogP contribution in [0, 0.1) is 11.3 Å². The van der Waals surface area contributed by atoms with Gasteiger partial charge in [0.05, 0.1) is 24.4 Å². The Labute approximate surface area is 127 Å². The molecular formula is C17H25N3O. The van der Waals surface area contributed by atoms with Gasteiger partial charge in [0.1, 0.15) is 5.75 Å². The van der Waals surface area contributed by atoms with Crippen molar-refractivity contribution in [2.45, 2.75) is 57.7 Å². The highest BCUT2D eigenvalue weighted by atomic mass is 16.5. The molecule has 2 rings (SSSR count). The summed E-state index contributed by atoms with van der Waals surface area (Å²) in [5, 5.41) is 12.8. The fourth-order valence-electron chi connectivity index (χ4n) is 3.19. The topological polar surface area (TPSA) is 71.1 Å². The fraction of sp³-hybridized carbons (Fsp3) is 0.588. The summed E-state index contributed by atoms with van der Waals surface area (Å²) < 4.78 is 5.48. The van der Waals surface area contributed by atoms with E-state index in [1.807, 2.05) is 26.0 Å². The fourth-order valence-corrected chi connectivity index (χ4v) is 3.19. The van der Waals surface area contributed by atoms with Crippen molar-refractivity contribution in [2.24, 2.45) is 5.73 Å². The molecule has 21 heavy (non-hydrogen) atoms. The maximum Gasteiger partial charge on any atom is 0.120 e. The molecule has 1 saturated carbocycles. The quantitative estimate of drug-likeness (QED) is 0.817. The first-order valence-corrected chi connectivity index (χ1v) is 7.82. The average molecular weight is 287 g/mol. The van der Waals surface area contributed by atoms with Crippen molar-refractivity contribution in [1.29, 1.82) is 5.26 Å². The molecule has 1 fully saturated rings. The maximum atomic E-state index is 9.38. The summed E-state index contributed by atoms with van der Waals surface area (Å²) >= 11 is 0. The molecule has 0 aromatic heterocycles. The molecule has 0 spiro atoms. The molecular weight excluding hydrogens is 262 g/mol. The average Bonchev–Trinajstić information content (AvgIpc) is 2.48. The van der Waals surface area contributed by atoms with Gasteiger partial charge in [0, 0.05) is 6.04 Å². The predicted molar refractivity (Wildman–Crippen MR) is 84.1 cm³/mol. The second-order valence-corrected chi connectivity index (χ2v) is 5.80. The van der Waals surface area contributed by atoms with Gasteiger partial charge < -0.3 is 10.5 Å². The molecule has 0 aliphatic heterocycles. The van der Waals surface area contributed by atoms with Gasteiger partial charge in [-0.25, -0.2) is 0 Å². The van der Waals surface area contributed by atoms with Crippen LogP contribution in [-0.2, 0) is 0 Å². The van der Waals surface area contributed by atoms with Crippen LogP contribution in [-0.4, -0.2) is 18.8 Å². The van der Waals surface area contributed by atoms with Gasteiger partial charge in [0.2, 0.25) is 0 Å². The van der Waals surface area contributed by atoms with Crippen molar-refractivity contribution in [3.05, 3.63) is 29.3 Å². The summed E-state index contributed by atoms with van der Waals surface area (Å²) in [6, 6.07) is 8.74. The zero-order chi connectivity index (χ0) is 15.2. The van der Waals surface area contributed by atoms with Crippen LogP contribution in [0.5, 0.6) is 5.75 Å². The third kappa shape index (κ3) is 4.20. The van der Waals surface area contributed by atoms with Crippen LogP contribution in [0.15, 0.2) is 18.2 Å². The first-order valence-electron chi connectivity index (χ1n) is 7.82. The van der Waals surface area contributed by atoms with E-state index in [9.17, 15) is 5.26 Å². The number of nitriles is 1. The van der Waals surface area contributed by atoms with Crippen molar-refractivity contribution in [3.63, 3.8) is 0 Å². The molecule has 1 aliphatic rings. The molecule has 3 N–H and O–H groups in total. The van der Waals surface area contributed by atoms with Gasteiger partial charge in [0.15, 0.2) is 0 Å². The summed E-state index contributed by atoms with van der Waals surface area (Å²) in [5.41, 5.74) is 7.71. The molecule has 0 amide bonds. The number of benzene rings is 1. The van der Waals surface area contributed by atoms with Gasteiger partial charge in [-0.3, -0.25) is 5.32 Å². The van der Waals surface area contributed by atoms with E-state index >= 15 is 0 Å². The number of nitrogens with two attached hydrogens (primary N) is 1. The summed E-state index contributed by atoms with van der Waals surface area (Å²) in [4.78, 5) is 0. The molecule has 1 unspecified atom stereocenters. The van der Waals surface area contributed by atoms with E-state index in [2.05, 4.69) is 17.5 Å². The Morgan fingerprint density at radius 1 is 1.38 bits per heavy atom. The zero-order valence-electron chi connectivity index (χ0n) is 12.9. The van der Waals surface area contributed by atoms with Crippen molar-refractivity contribution in [3.8, 4) is 11.8 Å². The number of ether oxygens (including phenoxy) is 1. The van der Waals surface area contributed by atoms with Gasteiger partial charge in [-0.15, -0.1) is 0 Å². The maximum absolute atomic E-state index is 9.38. The largest absolute Gasteiger partial charge is 0.494 e. The first-order chi connectivity index (χ1) is 10.1. The van der Waals surface area contributed by atoms with Gasteiger partial charge in [-0.1, -0.05) is 6.07 Å². The Bertz CT molecular complexity index is 499. The zero-order valence-corrected chi connectivity index (χ0v) is 12.9. The number of rotatable bonds is 5. The van der Waals surface area contributed by atoms with Crippen LogP contribution in [0.25, 0.3) is 0 Å². The van der Waals surface area contributed by atoms with Gasteiger partial charge in [-0.2, -0.15) is 5.26 Å². The Balaban J connectivity index is 2.04. The van der Waals surface area contributed by atoms with E-state index in [1.54, 1.807) is 0 Å². The van der Waals surface area contributed by atoms with Crippen LogP contribution in [0.3, 0.4) is 0 Å². The molecule has 0 saturated heterocycles. The monoisotopic (exact) mass is 287 g/mol. The number of nitrogens with one attached hydrogen (secondary N) is 1. The molecule has 1 aromatic carbocycles. The van der Waals surface area contributed by atoms with E-state index in [0.717, 1.165) is 37.0 Å². The second kappa shape index (κ2) is 7.44. The Morgan fingerprint density at radius 3 is 2.67 bits per heavy atom. The van der Waals surface area contributed by atoms with Crippen molar-refractivity contribution >= 4 is 0 Å². The van der Waals surface area contributed by atoms with Crippen LogP contribution < -0.4 is 15.8 Å². The molecule has 0 radical (unpaired) electrons. The molecule has 4 heteroatoms. The Hall–Kier alpha value is -1.57. The third-order valence-electron chi connectivity index (χ3n) is 4.12. The molecule has 1 aliphatic carbocycles. The lowest BCUT2D eigenvalue weighted by molar-refractivity contribution is 0.321. The summed E-state index contributed by atoms with van der Waals surface area (Å²) in [6.07, 6.45) is 4.49. The third-order valence-corrected chi connectivity index (χ3v) is 4.12. The number of hydrogen-bond donors (Lipinski definition) is 2. The van der Waals surface area contributed by atoms with E-state index in [0.29, 0.717) is 18.6 Å². The minimum absolute atomic E-state index is 0.0479. The lowest BCUT2D eigenvalue weighted by atomic mass is 9.80. The highest BCUT2D eigenvalue weighted by Gasteiger charge is 2.24. The van der Waals surface area contributed by atoms with Gasteiger partial charge in [0.25, 0.3) is 0 Å². The van der Waals surface area contributed by atoms with Gasteiger partial charge >= 0.3 is 0 Å². The van der Waals surface area contributed by atoms with Crippen LogP contribution in [0.2, 0.25) is 0 Å². The predicted octanol–water partition coefficient (Wildman–Crippen LogP) is 2.88. The van der Waals surface area contributed by atoms with Crippen molar-refractivity contribution < 1.29 is 4.74 Å². The van der Waals surface area contributed by atoms with Crippen molar-refractivity contribution in [2.75, 3.05) is 6.61 Å². The van der Waals surface area contributed by atoms with Crippen LogP contribution in [0.1, 0.15) is 56.6 Å². The van der Waals surface area contributed by atoms with Gasteiger partial charge in [-0.05, 0) is 63.1 Å². The number of hydrogen-bond acceptors (Lipinski definition) is 4. The Morgan fingerprint density at radius 2 is 2.10 bits per heavy atom. The SMILES string of the molecule is CCOc1ccc(C2CCC(NC(C)N)CC2)c(C#N)c1.